The zero-order valence-corrected chi connectivity index (χ0v) is 20.6. The van der Waals surface area contributed by atoms with E-state index in [1.165, 1.54) is 7.11 Å². The van der Waals surface area contributed by atoms with Crippen molar-refractivity contribution in [2.45, 2.75) is 14.4 Å². The molecule has 1 fully saturated rings. The summed E-state index contributed by atoms with van der Waals surface area (Å²) >= 11 is 0. The predicted molar refractivity (Wildman–Crippen MR) is 147 cm³/mol. The summed E-state index contributed by atoms with van der Waals surface area (Å²) in [5.74, 6) is 1.42. The highest BCUT2D eigenvalue weighted by molar-refractivity contribution is 5.99. The molecule has 38 heavy (non-hydrogen) atoms. The summed E-state index contributed by atoms with van der Waals surface area (Å²) in [4.78, 5) is 23.8. The van der Waals surface area contributed by atoms with Crippen molar-refractivity contribution in [2.24, 2.45) is 13.0 Å². The van der Waals surface area contributed by atoms with Gasteiger partial charge in [-0.2, -0.15) is 5.10 Å². The molecule has 0 unspecified atom stereocenters. The summed E-state index contributed by atoms with van der Waals surface area (Å²) in [5.41, 5.74) is 2.08. The summed E-state index contributed by atoms with van der Waals surface area (Å²) in [6.07, 6.45) is 3.35. The van der Waals surface area contributed by atoms with Crippen molar-refractivity contribution < 1.29 is 13.6 Å². The number of benzene rings is 1. The Labute approximate surface area is 225 Å². The molecule has 4 aromatic rings. The second-order valence-electron chi connectivity index (χ2n) is 8.74. The van der Waals surface area contributed by atoms with Crippen molar-refractivity contribution in [3.63, 3.8) is 0 Å². The first-order chi connectivity index (χ1) is 19.1. The first-order valence-corrected chi connectivity index (χ1v) is 11.6. The highest BCUT2D eigenvalue weighted by Gasteiger charge is 2.23. The lowest BCUT2D eigenvalue weighted by atomic mass is 10.0. The Morgan fingerprint density at radius 3 is 2.61 bits per heavy atom. The van der Waals surface area contributed by atoms with Crippen LogP contribution in [0.1, 0.15) is 29.0 Å². The number of carbonyl (C=O) groups excluding carboxylic acids is 1. The minimum absolute atomic E-state index is 0. The maximum absolute atomic E-state index is 12.8. The lowest BCUT2D eigenvalue weighted by molar-refractivity contribution is 0.0958. The van der Waals surface area contributed by atoms with Crippen LogP contribution >= 0.6 is 0 Å². The van der Waals surface area contributed by atoms with E-state index >= 15 is 0 Å². The number of ether oxygens (including phenoxy) is 1. The minimum Gasteiger partial charge on any atom is -0.494 e. The van der Waals surface area contributed by atoms with E-state index in [1.807, 2.05) is 17.4 Å². The van der Waals surface area contributed by atoms with Gasteiger partial charge in [-0.3, -0.25) is 9.48 Å². The van der Waals surface area contributed by atoms with Crippen LogP contribution in [0.15, 0.2) is 48.9 Å². The SMILES string of the molecule is C.[2H]C([2H])([2H])NC(=O)c1nnc(Nc2ccc(N3CC(C)C3)cn2)cc1Nc1cccc(-c2ncn(C)n2)c1OC. The molecule has 3 aromatic heterocycles. The van der Waals surface area contributed by atoms with Crippen molar-refractivity contribution >= 4 is 34.6 Å². The van der Waals surface area contributed by atoms with E-state index in [1.54, 1.807) is 48.5 Å². The van der Waals surface area contributed by atoms with Crippen LogP contribution in [-0.2, 0) is 7.05 Å². The van der Waals surface area contributed by atoms with Gasteiger partial charge in [-0.1, -0.05) is 20.4 Å². The molecule has 12 nitrogen and oxygen atoms in total. The average Bonchev–Trinajstić information content (AvgIpc) is 3.32. The topological polar surface area (TPSA) is 135 Å². The maximum atomic E-state index is 12.8. The Morgan fingerprint density at radius 1 is 1.11 bits per heavy atom. The molecule has 0 radical (unpaired) electrons. The standard InChI is InChI=1S/C25H28N10O2.CH4/c1-15-12-35(13-15)16-8-9-20(27-11-16)30-21-10-19(22(32-31-21)25(36)26-2)29-18-7-5-6-17(23(18)37-4)24-28-14-34(3)33-24;/h5-11,14-15H,12-13H2,1-4H3,(H,26,36)(H2,27,29,30,31);1H4/i2D3;. The molecule has 0 spiro atoms. The molecular formula is C26H32N10O2. The van der Waals surface area contributed by atoms with Crippen LogP contribution in [0.2, 0.25) is 0 Å². The number of para-hydroxylation sites is 1. The molecule has 198 valence electrons. The molecule has 0 saturated carbocycles. The van der Waals surface area contributed by atoms with Gasteiger partial charge in [0.05, 0.1) is 35.9 Å². The lowest BCUT2D eigenvalue weighted by Gasteiger charge is -2.38. The number of pyridine rings is 1. The van der Waals surface area contributed by atoms with E-state index < -0.39 is 12.9 Å². The van der Waals surface area contributed by atoms with Gasteiger partial charge in [-0.15, -0.1) is 10.2 Å². The van der Waals surface area contributed by atoms with Crippen LogP contribution in [0.5, 0.6) is 5.75 Å². The molecule has 0 aliphatic carbocycles. The first-order valence-electron chi connectivity index (χ1n) is 13.1. The van der Waals surface area contributed by atoms with Gasteiger partial charge in [0.1, 0.15) is 12.1 Å². The van der Waals surface area contributed by atoms with Crippen molar-refractivity contribution in [2.75, 3.05) is 42.7 Å². The Kier molecular flexibility index (Phi) is 6.57. The largest absolute Gasteiger partial charge is 0.494 e. The molecule has 0 bridgehead atoms. The molecule has 1 saturated heterocycles. The van der Waals surface area contributed by atoms with Gasteiger partial charge >= 0.3 is 0 Å². The van der Waals surface area contributed by atoms with Gasteiger partial charge in [0.25, 0.3) is 5.91 Å². The maximum Gasteiger partial charge on any atom is 0.273 e. The molecule has 1 aromatic carbocycles. The summed E-state index contributed by atoms with van der Waals surface area (Å²) in [6, 6.07) is 10.6. The van der Waals surface area contributed by atoms with Gasteiger partial charge in [-0.25, -0.2) is 9.97 Å². The van der Waals surface area contributed by atoms with E-state index in [0.717, 1.165) is 18.8 Å². The Bertz CT molecular complexity index is 1520. The number of amides is 1. The van der Waals surface area contributed by atoms with E-state index in [4.69, 9.17) is 8.85 Å². The molecule has 0 atom stereocenters. The number of aromatic nitrogens is 6. The monoisotopic (exact) mass is 519 g/mol. The normalized spacial score (nSPS) is 14.3. The average molecular weight is 520 g/mol. The van der Waals surface area contributed by atoms with Crippen molar-refractivity contribution in [3.8, 4) is 17.1 Å². The highest BCUT2D eigenvalue weighted by atomic mass is 16.5. The van der Waals surface area contributed by atoms with Gasteiger partial charge in [0, 0.05) is 37.3 Å². The van der Waals surface area contributed by atoms with E-state index in [-0.39, 0.29) is 24.6 Å². The molecular weight excluding hydrogens is 484 g/mol. The number of nitrogens with zero attached hydrogens (tertiary/aromatic N) is 7. The van der Waals surface area contributed by atoms with Gasteiger partial charge in [0.2, 0.25) is 0 Å². The van der Waals surface area contributed by atoms with Crippen LogP contribution in [0.3, 0.4) is 0 Å². The van der Waals surface area contributed by atoms with Crippen LogP contribution in [-0.4, -0.2) is 63.0 Å². The third-order valence-corrected chi connectivity index (χ3v) is 5.88. The summed E-state index contributed by atoms with van der Waals surface area (Å²) < 4.78 is 29.5. The third-order valence-electron chi connectivity index (χ3n) is 5.88. The van der Waals surface area contributed by atoms with Gasteiger partial charge < -0.3 is 25.6 Å². The third kappa shape index (κ3) is 5.33. The number of aryl methyl sites for hydroxylation is 1. The molecule has 3 N–H and O–H groups in total. The van der Waals surface area contributed by atoms with Crippen LogP contribution < -0.4 is 25.6 Å². The van der Waals surface area contributed by atoms with Gasteiger partial charge in [-0.05, 0) is 30.2 Å². The lowest BCUT2D eigenvalue weighted by Crippen LogP contribution is -2.45. The number of carbonyl (C=O) groups is 1. The van der Waals surface area contributed by atoms with Crippen molar-refractivity contribution in [3.05, 3.63) is 54.6 Å². The van der Waals surface area contributed by atoms with Crippen molar-refractivity contribution in [1.29, 1.82) is 0 Å². The van der Waals surface area contributed by atoms with Gasteiger partial charge in [0.15, 0.2) is 23.1 Å². The quantitative estimate of drug-likeness (QED) is 0.317. The molecule has 1 amide bonds. The molecule has 4 heterocycles. The van der Waals surface area contributed by atoms with Crippen LogP contribution in [0, 0.1) is 5.92 Å². The number of hydrogen-bond acceptors (Lipinski definition) is 10. The Morgan fingerprint density at radius 2 is 1.95 bits per heavy atom. The molecule has 1 aliphatic heterocycles. The Balaban J connectivity index is 0.00000387. The fourth-order valence-electron chi connectivity index (χ4n) is 4.10. The van der Waals surface area contributed by atoms with E-state index in [9.17, 15) is 4.79 Å². The molecule has 12 heteroatoms. The fraction of sp³-hybridized carbons (Fsp3) is 0.308. The number of hydrogen-bond donors (Lipinski definition) is 3. The zero-order valence-electron chi connectivity index (χ0n) is 23.6. The second kappa shape index (κ2) is 11.1. The first kappa shape index (κ1) is 22.5. The number of rotatable bonds is 8. The van der Waals surface area contributed by atoms with E-state index in [0.29, 0.717) is 34.6 Å². The Hall–Kier alpha value is -4.74. The fourth-order valence-corrected chi connectivity index (χ4v) is 4.10. The number of anilines is 5. The smallest absolute Gasteiger partial charge is 0.273 e. The highest BCUT2D eigenvalue weighted by Crippen LogP contribution is 2.37. The second-order valence-corrected chi connectivity index (χ2v) is 8.74. The zero-order chi connectivity index (χ0) is 28.4. The minimum atomic E-state index is -2.71. The summed E-state index contributed by atoms with van der Waals surface area (Å²) in [7, 11) is 3.26. The van der Waals surface area contributed by atoms with Crippen molar-refractivity contribution in [1.82, 2.24) is 35.3 Å². The molecule has 5 rings (SSSR count). The molecule has 1 aliphatic rings. The number of methoxy groups -OCH3 is 1. The predicted octanol–water partition coefficient (Wildman–Crippen LogP) is 3.61. The summed E-state index contributed by atoms with van der Waals surface area (Å²) in [6.45, 7) is 1.48. The van der Waals surface area contributed by atoms with Crippen LogP contribution in [0.4, 0.5) is 28.7 Å². The van der Waals surface area contributed by atoms with E-state index in [2.05, 4.69) is 47.7 Å². The van der Waals surface area contributed by atoms with Crippen LogP contribution in [0.25, 0.3) is 11.4 Å². The number of nitrogens with one attached hydrogen (secondary N) is 3. The summed E-state index contributed by atoms with van der Waals surface area (Å²) in [5, 5.41) is 20.6.